The molecule has 0 fully saturated rings. The van der Waals surface area contributed by atoms with Crippen molar-refractivity contribution in [3.05, 3.63) is 42.5 Å². The zero-order chi connectivity index (χ0) is 11.3. The molecule has 5 heteroatoms. The number of carbonyl (C=O) groups excluding carboxylic acids is 2. The highest BCUT2D eigenvalue weighted by molar-refractivity contribution is 6.67. The van der Waals surface area contributed by atoms with Gasteiger partial charge in [-0.05, 0) is 35.9 Å². The van der Waals surface area contributed by atoms with Crippen LogP contribution < -0.4 is 4.89 Å². The second kappa shape index (κ2) is 5.17. The van der Waals surface area contributed by atoms with E-state index in [0.717, 1.165) is 6.08 Å². The third kappa shape index (κ3) is 3.44. The predicted molar refractivity (Wildman–Crippen MR) is 53.5 cm³/mol. The van der Waals surface area contributed by atoms with Gasteiger partial charge in [0, 0.05) is 11.6 Å². The van der Waals surface area contributed by atoms with Crippen LogP contribution in [0.5, 0.6) is 5.75 Å². The second-order valence-electron chi connectivity index (χ2n) is 2.49. The van der Waals surface area contributed by atoms with E-state index in [0.29, 0.717) is 5.56 Å². The first-order valence-corrected chi connectivity index (χ1v) is 4.32. The van der Waals surface area contributed by atoms with Crippen LogP contribution in [-0.2, 0) is 9.68 Å². The molecule has 0 aliphatic rings. The Morgan fingerprint density at radius 2 is 1.87 bits per heavy atom. The minimum atomic E-state index is -0.701. The van der Waals surface area contributed by atoms with Crippen LogP contribution in [0.15, 0.2) is 36.9 Å². The molecule has 0 spiro atoms. The van der Waals surface area contributed by atoms with Crippen molar-refractivity contribution in [2.45, 2.75) is 0 Å². The largest absolute Gasteiger partial charge is 0.378 e. The predicted octanol–water partition coefficient (Wildman–Crippen LogP) is 2.09. The summed E-state index contributed by atoms with van der Waals surface area (Å²) < 4.78 is 0. The Morgan fingerprint density at radius 3 is 2.33 bits per heavy atom. The van der Waals surface area contributed by atoms with E-state index >= 15 is 0 Å². The van der Waals surface area contributed by atoms with Gasteiger partial charge in [-0.2, -0.15) is 0 Å². The normalized spacial score (nSPS) is 9.13. The number of hydrogen-bond acceptors (Lipinski definition) is 4. The maximum absolute atomic E-state index is 10.7. The minimum Gasteiger partial charge on any atom is -0.287 e. The highest BCUT2D eigenvalue weighted by Crippen LogP contribution is 2.13. The Balaban J connectivity index is 2.60. The number of carbonyl (C=O) groups is 2. The van der Waals surface area contributed by atoms with Gasteiger partial charge >= 0.3 is 5.97 Å². The minimum absolute atomic E-state index is 0.284. The number of benzene rings is 1. The fraction of sp³-hybridized carbons (Fsp3) is 0. The molecule has 78 valence electrons. The molecule has 0 amide bonds. The Morgan fingerprint density at radius 1 is 1.27 bits per heavy atom. The second-order valence-corrected chi connectivity index (χ2v) is 2.83. The molecular formula is C10H7ClO4. The lowest BCUT2D eigenvalue weighted by atomic mass is 10.2. The molecule has 0 aromatic heterocycles. The van der Waals surface area contributed by atoms with E-state index in [2.05, 4.69) is 16.4 Å². The quantitative estimate of drug-likeness (QED) is 0.341. The summed E-state index contributed by atoms with van der Waals surface area (Å²) >= 11 is 5.23. The van der Waals surface area contributed by atoms with Crippen LogP contribution in [0.25, 0.3) is 0 Å². The Labute approximate surface area is 91.0 Å². The van der Waals surface area contributed by atoms with Gasteiger partial charge in [0.25, 0.3) is 5.24 Å². The molecule has 1 aromatic carbocycles. The molecule has 0 aliphatic heterocycles. The van der Waals surface area contributed by atoms with Gasteiger partial charge in [0.15, 0.2) is 5.75 Å². The van der Waals surface area contributed by atoms with Crippen molar-refractivity contribution in [1.82, 2.24) is 0 Å². The summed E-state index contributed by atoms with van der Waals surface area (Å²) in [5.74, 6) is -0.417. The summed E-state index contributed by atoms with van der Waals surface area (Å²) in [4.78, 5) is 30.2. The van der Waals surface area contributed by atoms with Gasteiger partial charge in [0.05, 0.1) is 0 Å². The van der Waals surface area contributed by atoms with Crippen molar-refractivity contribution in [1.29, 1.82) is 0 Å². The maximum atomic E-state index is 10.7. The average Bonchev–Trinajstić information content (AvgIpc) is 2.26. The molecule has 0 heterocycles. The Bertz CT molecular complexity index is 383. The lowest BCUT2D eigenvalue weighted by Crippen LogP contribution is -2.04. The van der Waals surface area contributed by atoms with Crippen LogP contribution in [-0.4, -0.2) is 11.2 Å². The van der Waals surface area contributed by atoms with Gasteiger partial charge < -0.3 is 0 Å². The Hall–Kier alpha value is -1.81. The van der Waals surface area contributed by atoms with Gasteiger partial charge in [-0.15, -0.1) is 0 Å². The first kappa shape index (κ1) is 11.3. The fourth-order valence-electron chi connectivity index (χ4n) is 0.765. The van der Waals surface area contributed by atoms with Crippen molar-refractivity contribution in [2.24, 2.45) is 0 Å². The molecule has 0 atom stereocenters. The highest BCUT2D eigenvalue weighted by atomic mass is 35.5. The van der Waals surface area contributed by atoms with Crippen molar-refractivity contribution in [3.63, 3.8) is 0 Å². The summed E-state index contributed by atoms with van der Waals surface area (Å²) in [7, 11) is 0. The molecule has 0 N–H and O–H groups in total. The molecule has 0 bridgehead atoms. The summed E-state index contributed by atoms with van der Waals surface area (Å²) in [6.45, 7) is 3.19. The van der Waals surface area contributed by atoms with Crippen LogP contribution in [0, 0.1) is 0 Å². The number of halogens is 1. The molecule has 0 saturated heterocycles. The van der Waals surface area contributed by atoms with E-state index < -0.39 is 11.2 Å². The SMILES string of the molecule is C=CC(=O)OOc1ccc(C(=O)Cl)cc1. The number of hydrogen-bond donors (Lipinski definition) is 0. The van der Waals surface area contributed by atoms with E-state index in [4.69, 9.17) is 11.6 Å². The van der Waals surface area contributed by atoms with Crippen LogP contribution in [0.2, 0.25) is 0 Å². The van der Waals surface area contributed by atoms with Crippen LogP contribution in [0.1, 0.15) is 10.4 Å². The maximum Gasteiger partial charge on any atom is 0.378 e. The van der Waals surface area contributed by atoms with Gasteiger partial charge in [-0.3, -0.25) is 9.68 Å². The first-order chi connectivity index (χ1) is 7.13. The van der Waals surface area contributed by atoms with E-state index in [9.17, 15) is 9.59 Å². The van der Waals surface area contributed by atoms with E-state index in [1.54, 1.807) is 0 Å². The van der Waals surface area contributed by atoms with Gasteiger partial charge in [0.1, 0.15) is 0 Å². The van der Waals surface area contributed by atoms with E-state index in [1.165, 1.54) is 24.3 Å². The molecule has 1 rings (SSSR count). The molecule has 15 heavy (non-hydrogen) atoms. The molecule has 0 unspecified atom stereocenters. The summed E-state index contributed by atoms with van der Waals surface area (Å²) in [6, 6.07) is 5.80. The van der Waals surface area contributed by atoms with E-state index in [-0.39, 0.29) is 5.75 Å². The molecule has 0 radical (unpaired) electrons. The van der Waals surface area contributed by atoms with Crippen LogP contribution in [0.4, 0.5) is 0 Å². The fourth-order valence-corrected chi connectivity index (χ4v) is 0.891. The molecular weight excluding hydrogens is 220 g/mol. The lowest BCUT2D eigenvalue weighted by molar-refractivity contribution is -0.207. The smallest absolute Gasteiger partial charge is 0.287 e. The monoisotopic (exact) mass is 226 g/mol. The van der Waals surface area contributed by atoms with Crippen LogP contribution in [0.3, 0.4) is 0 Å². The molecule has 1 aromatic rings. The van der Waals surface area contributed by atoms with Crippen molar-refractivity contribution < 1.29 is 19.4 Å². The molecule has 0 aliphatic carbocycles. The van der Waals surface area contributed by atoms with Crippen LogP contribution >= 0.6 is 11.6 Å². The van der Waals surface area contributed by atoms with E-state index in [1.807, 2.05) is 0 Å². The lowest BCUT2D eigenvalue weighted by Gasteiger charge is -2.01. The van der Waals surface area contributed by atoms with Crippen molar-refractivity contribution in [3.8, 4) is 5.75 Å². The standard InChI is InChI=1S/C10H7ClO4/c1-2-9(12)15-14-8-5-3-7(4-6-8)10(11)13/h2-6H,1H2. The summed E-state index contributed by atoms with van der Waals surface area (Å²) in [5, 5.41) is -0.565. The zero-order valence-electron chi connectivity index (χ0n) is 7.60. The average molecular weight is 227 g/mol. The molecule has 4 nitrogen and oxygen atoms in total. The third-order valence-corrected chi connectivity index (χ3v) is 1.69. The summed E-state index contributed by atoms with van der Waals surface area (Å²) in [6.07, 6.45) is 0.969. The topological polar surface area (TPSA) is 52.6 Å². The number of rotatable bonds is 4. The first-order valence-electron chi connectivity index (χ1n) is 3.94. The van der Waals surface area contributed by atoms with Gasteiger partial charge in [-0.1, -0.05) is 6.58 Å². The van der Waals surface area contributed by atoms with Gasteiger partial charge in [0.2, 0.25) is 0 Å². The third-order valence-electron chi connectivity index (χ3n) is 1.47. The highest BCUT2D eigenvalue weighted by Gasteiger charge is 2.03. The van der Waals surface area contributed by atoms with Crippen molar-refractivity contribution in [2.75, 3.05) is 0 Å². The zero-order valence-corrected chi connectivity index (χ0v) is 8.36. The summed E-state index contributed by atoms with van der Waals surface area (Å²) in [5.41, 5.74) is 0.332. The van der Waals surface area contributed by atoms with Crippen molar-refractivity contribution >= 4 is 22.8 Å². The Kier molecular flexibility index (Phi) is 3.88. The molecule has 0 saturated carbocycles. The van der Waals surface area contributed by atoms with Gasteiger partial charge in [-0.25, -0.2) is 9.68 Å².